The number of halogens is 4. The first-order chi connectivity index (χ1) is 7.80. The van der Waals surface area contributed by atoms with Gasteiger partial charge in [0.25, 0.3) is 0 Å². The van der Waals surface area contributed by atoms with Crippen molar-refractivity contribution in [3.05, 3.63) is 34.3 Å². The van der Waals surface area contributed by atoms with Crippen molar-refractivity contribution in [2.24, 2.45) is 0 Å². The van der Waals surface area contributed by atoms with Gasteiger partial charge in [-0.15, -0.1) is 0 Å². The van der Waals surface area contributed by atoms with Crippen molar-refractivity contribution < 1.29 is 13.2 Å². The highest BCUT2D eigenvalue weighted by Crippen LogP contribution is 2.35. The third-order valence-corrected chi connectivity index (χ3v) is 2.74. The molecule has 0 saturated heterocycles. The van der Waals surface area contributed by atoms with Gasteiger partial charge in [-0.2, -0.15) is 13.2 Å². The monoisotopic (exact) mass is 265 g/mol. The molecule has 0 N–H and O–H groups in total. The molecule has 0 aliphatic carbocycles. The summed E-state index contributed by atoms with van der Waals surface area (Å²) in [5, 5.41) is -0.242. The molecular weight excluding hydrogens is 251 g/mol. The van der Waals surface area contributed by atoms with Crippen LogP contribution >= 0.6 is 11.6 Å². The molecule has 0 spiro atoms. The van der Waals surface area contributed by atoms with Crippen LogP contribution in [-0.4, -0.2) is 25.5 Å². The van der Waals surface area contributed by atoms with Gasteiger partial charge in [-0.1, -0.05) is 17.7 Å². The van der Waals surface area contributed by atoms with Gasteiger partial charge < -0.3 is 4.90 Å². The summed E-state index contributed by atoms with van der Waals surface area (Å²) < 4.78 is 37.8. The highest BCUT2D eigenvalue weighted by Gasteiger charge is 2.33. The van der Waals surface area contributed by atoms with E-state index in [2.05, 4.69) is 0 Å². The number of alkyl halides is 3. The first-order valence-electron chi connectivity index (χ1n) is 5.31. The van der Waals surface area contributed by atoms with Gasteiger partial charge >= 0.3 is 6.18 Å². The topological polar surface area (TPSA) is 3.24 Å². The normalized spacial score (nSPS) is 12.2. The van der Waals surface area contributed by atoms with Crippen molar-refractivity contribution in [2.75, 3.05) is 20.6 Å². The highest BCUT2D eigenvalue weighted by molar-refractivity contribution is 6.31. The molecule has 1 rings (SSSR count). The van der Waals surface area contributed by atoms with E-state index in [1.165, 1.54) is 6.07 Å². The Bertz CT molecular complexity index is 375. The van der Waals surface area contributed by atoms with Crippen LogP contribution in [0.3, 0.4) is 0 Å². The van der Waals surface area contributed by atoms with Crippen molar-refractivity contribution >= 4 is 11.6 Å². The van der Waals surface area contributed by atoms with Crippen LogP contribution in [0.5, 0.6) is 0 Å². The molecule has 0 atom stereocenters. The summed E-state index contributed by atoms with van der Waals surface area (Å²) in [4.78, 5) is 2.00. The Morgan fingerprint density at radius 3 is 2.41 bits per heavy atom. The largest absolute Gasteiger partial charge is 0.417 e. The highest BCUT2D eigenvalue weighted by atomic mass is 35.5. The number of benzene rings is 1. The van der Waals surface area contributed by atoms with Crippen LogP contribution in [-0.2, 0) is 12.6 Å². The summed E-state index contributed by atoms with van der Waals surface area (Å²) in [5.41, 5.74) is -0.0786. The predicted octanol–water partition coefficient (Wildman–Crippen LogP) is 3.85. The first-order valence-corrected chi connectivity index (χ1v) is 5.69. The van der Waals surface area contributed by atoms with Crippen LogP contribution in [0.4, 0.5) is 13.2 Å². The van der Waals surface area contributed by atoms with Gasteiger partial charge in [0.15, 0.2) is 0 Å². The molecular formula is C12H15ClF3N. The summed E-state index contributed by atoms with van der Waals surface area (Å²) in [7, 11) is 3.87. The average Bonchev–Trinajstić information content (AvgIpc) is 2.18. The van der Waals surface area contributed by atoms with Crippen molar-refractivity contribution in [3.63, 3.8) is 0 Å². The SMILES string of the molecule is CN(C)CCCc1ccc(Cl)c(C(F)(F)F)c1. The van der Waals surface area contributed by atoms with Crippen molar-refractivity contribution in [2.45, 2.75) is 19.0 Å². The summed E-state index contributed by atoms with van der Waals surface area (Å²) in [5.74, 6) is 0. The molecule has 0 aliphatic rings. The second-order valence-corrected chi connectivity index (χ2v) is 4.63. The minimum atomic E-state index is -4.38. The zero-order chi connectivity index (χ0) is 13.1. The first kappa shape index (κ1) is 14.3. The predicted molar refractivity (Wildman–Crippen MR) is 63.3 cm³/mol. The zero-order valence-corrected chi connectivity index (χ0v) is 10.6. The molecule has 0 aliphatic heterocycles. The van der Waals surface area contributed by atoms with Crippen molar-refractivity contribution in [1.29, 1.82) is 0 Å². The molecule has 1 aromatic carbocycles. The molecule has 0 bridgehead atoms. The van der Waals surface area contributed by atoms with E-state index in [1.54, 1.807) is 6.07 Å². The molecule has 0 amide bonds. The molecule has 1 aromatic rings. The molecule has 5 heteroatoms. The van der Waals surface area contributed by atoms with E-state index < -0.39 is 11.7 Å². The Balaban J connectivity index is 2.76. The third-order valence-electron chi connectivity index (χ3n) is 2.41. The Morgan fingerprint density at radius 1 is 1.24 bits per heavy atom. The van der Waals surface area contributed by atoms with Crippen LogP contribution in [0.15, 0.2) is 18.2 Å². The molecule has 0 unspecified atom stereocenters. The van der Waals surface area contributed by atoms with Gasteiger partial charge in [0.05, 0.1) is 10.6 Å². The van der Waals surface area contributed by atoms with E-state index in [0.29, 0.717) is 12.0 Å². The molecule has 96 valence electrons. The maximum absolute atomic E-state index is 12.6. The minimum absolute atomic E-state index is 0.242. The quantitative estimate of drug-likeness (QED) is 0.799. The second-order valence-electron chi connectivity index (χ2n) is 4.22. The van der Waals surface area contributed by atoms with Crippen molar-refractivity contribution in [1.82, 2.24) is 4.90 Å². The molecule has 0 heterocycles. The number of hydrogen-bond acceptors (Lipinski definition) is 1. The number of hydrogen-bond donors (Lipinski definition) is 0. The standard InChI is InChI=1S/C12H15ClF3N/c1-17(2)7-3-4-9-5-6-11(13)10(8-9)12(14,15)16/h5-6,8H,3-4,7H2,1-2H3. The lowest BCUT2D eigenvalue weighted by molar-refractivity contribution is -0.137. The summed E-state index contributed by atoms with van der Waals surface area (Å²) in [6, 6.07) is 4.10. The van der Waals surface area contributed by atoms with Gasteiger partial charge in [-0.3, -0.25) is 0 Å². The summed E-state index contributed by atoms with van der Waals surface area (Å²) >= 11 is 5.54. The minimum Gasteiger partial charge on any atom is -0.309 e. The number of nitrogens with zero attached hydrogens (tertiary/aromatic N) is 1. The lowest BCUT2D eigenvalue weighted by atomic mass is 10.1. The van der Waals surface area contributed by atoms with Gasteiger partial charge in [0.1, 0.15) is 0 Å². The van der Waals surface area contributed by atoms with Gasteiger partial charge in [-0.05, 0) is 51.2 Å². The molecule has 0 radical (unpaired) electrons. The van der Waals surface area contributed by atoms with Crippen LogP contribution in [0.25, 0.3) is 0 Å². The van der Waals surface area contributed by atoms with E-state index in [0.717, 1.165) is 19.0 Å². The molecule has 1 nitrogen and oxygen atoms in total. The van der Waals surface area contributed by atoms with Crippen molar-refractivity contribution in [3.8, 4) is 0 Å². The smallest absolute Gasteiger partial charge is 0.309 e. The van der Waals surface area contributed by atoms with Crippen LogP contribution in [0.2, 0.25) is 5.02 Å². The van der Waals surface area contributed by atoms with Crippen LogP contribution in [0, 0.1) is 0 Å². The molecule has 0 aromatic heterocycles. The zero-order valence-electron chi connectivity index (χ0n) is 9.81. The molecule has 17 heavy (non-hydrogen) atoms. The number of rotatable bonds is 4. The van der Waals surface area contributed by atoms with Crippen LogP contribution in [0.1, 0.15) is 17.5 Å². The van der Waals surface area contributed by atoms with Gasteiger partial charge in [0, 0.05) is 0 Å². The van der Waals surface area contributed by atoms with Gasteiger partial charge in [-0.25, -0.2) is 0 Å². The fourth-order valence-corrected chi connectivity index (χ4v) is 1.77. The van der Waals surface area contributed by atoms with Gasteiger partial charge in [0.2, 0.25) is 0 Å². The van der Waals surface area contributed by atoms with Crippen LogP contribution < -0.4 is 0 Å². The van der Waals surface area contributed by atoms with E-state index >= 15 is 0 Å². The second kappa shape index (κ2) is 5.74. The van der Waals surface area contributed by atoms with E-state index in [4.69, 9.17) is 11.6 Å². The summed E-state index contributed by atoms with van der Waals surface area (Å²) in [6.45, 7) is 0.851. The van der Waals surface area contributed by atoms with E-state index in [9.17, 15) is 13.2 Å². The maximum atomic E-state index is 12.6. The van der Waals surface area contributed by atoms with E-state index in [-0.39, 0.29) is 5.02 Å². The number of aryl methyl sites for hydroxylation is 1. The average molecular weight is 266 g/mol. The Hall–Kier alpha value is -0.740. The maximum Gasteiger partial charge on any atom is 0.417 e. The Morgan fingerprint density at radius 2 is 1.88 bits per heavy atom. The molecule has 0 fully saturated rings. The Kier molecular flexibility index (Phi) is 4.83. The summed E-state index contributed by atoms with van der Waals surface area (Å²) in [6.07, 6.45) is -2.93. The Labute approximate surface area is 104 Å². The fourth-order valence-electron chi connectivity index (χ4n) is 1.54. The lowest BCUT2D eigenvalue weighted by Gasteiger charge is -2.12. The third kappa shape index (κ3) is 4.56. The molecule has 0 saturated carbocycles. The fraction of sp³-hybridized carbons (Fsp3) is 0.500. The van der Waals surface area contributed by atoms with E-state index in [1.807, 2.05) is 19.0 Å². The lowest BCUT2D eigenvalue weighted by Crippen LogP contribution is -2.13.